The molecule has 160 valence electrons. The smallest absolute Gasteiger partial charge is 0.271 e. The minimum absolute atomic E-state index is 0.0718. The summed E-state index contributed by atoms with van der Waals surface area (Å²) in [4.78, 5) is 44.3. The van der Waals surface area contributed by atoms with Crippen LogP contribution in [-0.4, -0.2) is 27.9 Å². The second-order valence-electron chi connectivity index (χ2n) is 7.54. The number of carbonyl (C=O) groups is 2. The van der Waals surface area contributed by atoms with Gasteiger partial charge in [-0.25, -0.2) is 9.96 Å². The Labute approximate surface area is 182 Å². The number of amides is 2. The molecule has 32 heavy (non-hydrogen) atoms. The van der Waals surface area contributed by atoms with Crippen LogP contribution in [0.4, 0.5) is 17.1 Å². The van der Waals surface area contributed by atoms with Crippen LogP contribution >= 0.6 is 0 Å². The highest BCUT2D eigenvalue weighted by Gasteiger charge is 2.60. The van der Waals surface area contributed by atoms with Gasteiger partial charge in [0, 0.05) is 12.1 Å². The normalized spacial score (nSPS) is 22.3. The Morgan fingerprint density at radius 3 is 2.25 bits per heavy atom. The van der Waals surface area contributed by atoms with Gasteiger partial charge in [-0.15, -0.1) is 0 Å². The maximum absolute atomic E-state index is 13.5. The summed E-state index contributed by atoms with van der Waals surface area (Å²) in [6.45, 7) is 0. The van der Waals surface area contributed by atoms with Gasteiger partial charge in [-0.3, -0.25) is 24.5 Å². The number of benzene rings is 3. The molecule has 3 aromatic rings. The first-order valence-corrected chi connectivity index (χ1v) is 9.88. The van der Waals surface area contributed by atoms with Gasteiger partial charge in [-0.2, -0.15) is 0 Å². The summed E-state index contributed by atoms with van der Waals surface area (Å²) in [6.07, 6.45) is -1.08. The Kier molecular flexibility index (Phi) is 4.60. The predicted octanol–water partition coefficient (Wildman–Crippen LogP) is 3.35. The van der Waals surface area contributed by atoms with Crippen molar-refractivity contribution in [1.82, 2.24) is 0 Å². The van der Waals surface area contributed by atoms with Crippen LogP contribution in [0.1, 0.15) is 11.6 Å². The molecule has 2 amide bonds. The maximum atomic E-state index is 13.5. The number of nitro benzene ring substituents is 1. The van der Waals surface area contributed by atoms with Crippen molar-refractivity contribution in [3.8, 4) is 5.75 Å². The van der Waals surface area contributed by atoms with Gasteiger partial charge < -0.3 is 5.11 Å². The van der Waals surface area contributed by atoms with E-state index < -0.39 is 34.8 Å². The standard InChI is InChI=1S/C23H17N3O6/c27-18-11-9-14(10-12-18)20-19-21(32-25(20)15-5-2-1-3-6-15)23(29)24(22(19)28)16-7-4-8-17(13-16)26(30)31/h1-13,19-21,27H/t19-,20+,21-/m1/s1. The van der Waals surface area contributed by atoms with E-state index in [0.717, 1.165) is 4.90 Å². The Balaban J connectivity index is 1.57. The molecular weight excluding hydrogens is 414 g/mol. The number of carbonyl (C=O) groups excluding carboxylic acids is 2. The van der Waals surface area contributed by atoms with Crippen LogP contribution in [0.5, 0.6) is 5.75 Å². The number of para-hydroxylation sites is 1. The minimum atomic E-state index is -1.08. The highest BCUT2D eigenvalue weighted by atomic mass is 16.7. The number of rotatable bonds is 4. The lowest BCUT2D eigenvalue weighted by Gasteiger charge is -2.28. The number of hydroxylamine groups is 1. The molecule has 0 aliphatic carbocycles. The van der Waals surface area contributed by atoms with Crippen LogP contribution in [-0.2, 0) is 14.4 Å². The molecule has 3 atom stereocenters. The number of imide groups is 1. The fourth-order valence-electron chi connectivity index (χ4n) is 4.22. The van der Waals surface area contributed by atoms with Crippen LogP contribution in [0.2, 0.25) is 0 Å². The number of phenolic OH excluding ortho intramolecular Hbond substituents is 1. The summed E-state index contributed by atoms with van der Waals surface area (Å²) >= 11 is 0. The highest BCUT2D eigenvalue weighted by molar-refractivity contribution is 6.24. The van der Waals surface area contributed by atoms with Crippen LogP contribution in [0.3, 0.4) is 0 Å². The molecule has 2 fully saturated rings. The lowest BCUT2D eigenvalue weighted by molar-refractivity contribution is -0.384. The number of nitrogens with zero attached hydrogens (tertiary/aromatic N) is 3. The molecule has 0 bridgehead atoms. The Hall–Kier alpha value is -4.24. The van der Waals surface area contributed by atoms with E-state index in [-0.39, 0.29) is 17.1 Å². The second kappa shape index (κ2) is 7.47. The monoisotopic (exact) mass is 431 g/mol. The summed E-state index contributed by atoms with van der Waals surface area (Å²) in [6, 6.07) is 20.2. The number of hydrogen-bond acceptors (Lipinski definition) is 7. The number of anilines is 2. The Morgan fingerprint density at radius 2 is 1.56 bits per heavy atom. The van der Waals surface area contributed by atoms with Crippen LogP contribution in [0, 0.1) is 16.0 Å². The van der Waals surface area contributed by atoms with Crippen molar-refractivity contribution in [1.29, 1.82) is 0 Å². The number of nitro groups is 1. The van der Waals surface area contributed by atoms with E-state index in [1.54, 1.807) is 17.2 Å². The van der Waals surface area contributed by atoms with Gasteiger partial charge in [0.05, 0.1) is 22.3 Å². The SMILES string of the molecule is O=C1[C@H]2[C@@H](ON(c3ccccc3)[C@H]2c2ccc(O)cc2)C(=O)N1c1cccc([N+](=O)[O-])c1. The van der Waals surface area contributed by atoms with Gasteiger partial charge in [0.2, 0.25) is 5.91 Å². The Bertz CT molecular complexity index is 1210. The van der Waals surface area contributed by atoms with Gasteiger partial charge in [-0.05, 0) is 35.9 Å². The molecule has 5 rings (SSSR count). The number of hydrogen-bond donors (Lipinski definition) is 1. The van der Waals surface area contributed by atoms with Gasteiger partial charge >= 0.3 is 0 Å². The van der Waals surface area contributed by atoms with Gasteiger partial charge in [-0.1, -0.05) is 36.4 Å². The van der Waals surface area contributed by atoms with Crippen LogP contribution < -0.4 is 9.96 Å². The molecule has 2 heterocycles. The topological polar surface area (TPSA) is 113 Å². The molecule has 2 aliphatic rings. The fourth-order valence-corrected chi connectivity index (χ4v) is 4.22. The molecule has 0 radical (unpaired) electrons. The van der Waals surface area contributed by atoms with Crippen LogP contribution in [0.25, 0.3) is 0 Å². The van der Waals surface area contributed by atoms with Crippen molar-refractivity contribution >= 4 is 28.9 Å². The van der Waals surface area contributed by atoms with Crippen molar-refractivity contribution in [3.05, 3.63) is 94.5 Å². The zero-order valence-corrected chi connectivity index (χ0v) is 16.6. The number of aromatic hydroxyl groups is 1. The highest BCUT2D eigenvalue weighted by Crippen LogP contribution is 2.47. The molecule has 2 aliphatic heterocycles. The summed E-state index contributed by atoms with van der Waals surface area (Å²) in [5.74, 6) is -1.88. The van der Waals surface area contributed by atoms with E-state index >= 15 is 0 Å². The summed E-state index contributed by atoms with van der Waals surface area (Å²) < 4.78 is 0. The van der Waals surface area contributed by atoms with E-state index in [9.17, 15) is 24.8 Å². The number of phenols is 1. The van der Waals surface area contributed by atoms with Crippen molar-refractivity contribution in [2.24, 2.45) is 5.92 Å². The number of non-ortho nitro benzene ring substituents is 1. The van der Waals surface area contributed by atoms with E-state index in [2.05, 4.69) is 0 Å². The van der Waals surface area contributed by atoms with Crippen LogP contribution in [0.15, 0.2) is 78.9 Å². The van der Waals surface area contributed by atoms with E-state index in [1.165, 1.54) is 36.4 Å². The second-order valence-corrected chi connectivity index (χ2v) is 7.54. The molecule has 1 N–H and O–H groups in total. The van der Waals surface area contributed by atoms with Gasteiger partial charge in [0.1, 0.15) is 11.7 Å². The lowest BCUT2D eigenvalue weighted by Crippen LogP contribution is -2.37. The molecule has 0 aromatic heterocycles. The van der Waals surface area contributed by atoms with Crippen molar-refractivity contribution in [2.45, 2.75) is 12.1 Å². The molecule has 3 aromatic carbocycles. The van der Waals surface area contributed by atoms with E-state index in [1.807, 2.05) is 30.3 Å². The molecule has 0 saturated carbocycles. The molecule has 2 saturated heterocycles. The van der Waals surface area contributed by atoms with E-state index in [4.69, 9.17) is 4.84 Å². The first-order valence-electron chi connectivity index (χ1n) is 9.88. The molecule has 0 unspecified atom stereocenters. The first-order chi connectivity index (χ1) is 15.5. The Morgan fingerprint density at radius 1 is 0.875 bits per heavy atom. The molecule has 9 heteroatoms. The lowest BCUT2D eigenvalue weighted by atomic mass is 9.90. The zero-order valence-electron chi connectivity index (χ0n) is 16.6. The third-order valence-electron chi connectivity index (χ3n) is 5.66. The largest absolute Gasteiger partial charge is 0.508 e. The molecule has 9 nitrogen and oxygen atoms in total. The summed E-state index contributed by atoms with van der Waals surface area (Å²) in [5, 5.41) is 22.4. The predicted molar refractivity (Wildman–Crippen MR) is 114 cm³/mol. The van der Waals surface area contributed by atoms with Gasteiger partial charge in [0.15, 0.2) is 6.10 Å². The van der Waals surface area contributed by atoms with Crippen molar-refractivity contribution < 1.29 is 24.5 Å². The third kappa shape index (κ3) is 3.07. The van der Waals surface area contributed by atoms with Crippen molar-refractivity contribution in [2.75, 3.05) is 9.96 Å². The fraction of sp³-hybridized carbons (Fsp3) is 0.130. The third-order valence-corrected chi connectivity index (χ3v) is 5.66. The average Bonchev–Trinajstić information content (AvgIpc) is 3.31. The average molecular weight is 431 g/mol. The maximum Gasteiger partial charge on any atom is 0.271 e. The minimum Gasteiger partial charge on any atom is -0.508 e. The quantitative estimate of drug-likeness (QED) is 0.383. The molecule has 0 spiro atoms. The first kappa shape index (κ1) is 19.7. The van der Waals surface area contributed by atoms with Gasteiger partial charge in [0.25, 0.3) is 11.6 Å². The van der Waals surface area contributed by atoms with E-state index in [0.29, 0.717) is 11.3 Å². The van der Waals surface area contributed by atoms with Crippen molar-refractivity contribution in [3.63, 3.8) is 0 Å². The number of fused-ring (bicyclic) bond motifs is 1. The summed E-state index contributed by atoms with van der Waals surface area (Å²) in [7, 11) is 0. The zero-order chi connectivity index (χ0) is 22.4. The molecular formula is C23H17N3O6. The summed E-state index contributed by atoms with van der Waals surface area (Å²) in [5.41, 5.74) is 1.26.